The van der Waals surface area contributed by atoms with E-state index in [0.717, 1.165) is 11.3 Å². The minimum absolute atomic E-state index is 0.262. The van der Waals surface area contributed by atoms with Crippen LogP contribution in [-0.2, 0) is 9.53 Å². The monoisotopic (exact) mass is 309 g/mol. The third-order valence-electron chi connectivity index (χ3n) is 3.36. The van der Waals surface area contributed by atoms with Crippen LogP contribution in [0, 0.1) is 0 Å². The van der Waals surface area contributed by atoms with Gasteiger partial charge in [0.05, 0.1) is 14.2 Å². The molecule has 1 heterocycles. The van der Waals surface area contributed by atoms with Gasteiger partial charge in [0.15, 0.2) is 5.71 Å². The number of rotatable bonds is 4. The van der Waals surface area contributed by atoms with E-state index in [1.807, 2.05) is 24.3 Å². The maximum atomic E-state index is 12.0. The lowest BCUT2D eigenvalue weighted by molar-refractivity contribution is -0.130. The molecule has 3 rings (SSSR count). The number of benzene rings is 2. The van der Waals surface area contributed by atoms with Crippen LogP contribution in [-0.4, -0.2) is 25.9 Å². The third-order valence-corrected chi connectivity index (χ3v) is 3.36. The zero-order valence-corrected chi connectivity index (χ0v) is 12.8. The van der Waals surface area contributed by atoms with E-state index in [0.29, 0.717) is 11.3 Å². The molecule has 0 spiro atoms. The first-order valence-corrected chi connectivity index (χ1v) is 7.00. The van der Waals surface area contributed by atoms with Crippen molar-refractivity contribution in [3.05, 3.63) is 65.5 Å². The summed E-state index contributed by atoms with van der Waals surface area (Å²) < 4.78 is 15.5. The Kier molecular flexibility index (Phi) is 4.10. The van der Waals surface area contributed by atoms with Crippen molar-refractivity contribution in [1.82, 2.24) is 0 Å². The number of methoxy groups -OCH3 is 2. The summed E-state index contributed by atoms with van der Waals surface area (Å²) in [4.78, 5) is 16.3. The van der Waals surface area contributed by atoms with Gasteiger partial charge in [-0.15, -0.1) is 0 Å². The lowest BCUT2D eigenvalue weighted by atomic mass is 10.1. The van der Waals surface area contributed by atoms with Crippen LogP contribution in [0.15, 0.2) is 59.4 Å². The van der Waals surface area contributed by atoms with Crippen molar-refractivity contribution in [3.8, 4) is 11.5 Å². The Morgan fingerprint density at radius 1 is 1.00 bits per heavy atom. The Balaban J connectivity index is 1.89. The number of hydrogen-bond donors (Lipinski definition) is 0. The molecule has 0 fully saturated rings. The highest BCUT2D eigenvalue weighted by Crippen LogP contribution is 2.22. The molecular formula is C18H15NO4. The summed E-state index contributed by atoms with van der Waals surface area (Å²) in [6.07, 6.45) is 1.70. The fraction of sp³-hybridized carbons (Fsp3) is 0.111. The molecule has 116 valence electrons. The second-order valence-electron chi connectivity index (χ2n) is 4.84. The van der Waals surface area contributed by atoms with Crippen LogP contribution in [0.4, 0.5) is 0 Å². The summed E-state index contributed by atoms with van der Waals surface area (Å²) in [6, 6.07) is 14.5. The number of hydrogen-bond acceptors (Lipinski definition) is 5. The van der Waals surface area contributed by atoms with Gasteiger partial charge in [0.1, 0.15) is 11.5 Å². The van der Waals surface area contributed by atoms with Crippen molar-refractivity contribution < 1.29 is 19.0 Å². The highest BCUT2D eigenvalue weighted by atomic mass is 16.6. The predicted octanol–water partition coefficient (Wildman–Crippen LogP) is 3.05. The molecule has 0 aromatic heterocycles. The summed E-state index contributed by atoms with van der Waals surface area (Å²) in [5.74, 6) is 1.21. The number of esters is 1. The van der Waals surface area contributed by atoms with Crippen molar-refractivity contribution in [2.24, 2.45) is 4.99 Å². The van der Waals surface area contributed by atoms with Gasteiger partial charge in [-0.2, -0.15) is 0 Å². The number of ether oxygens (including phenoxy) is 3. The normalized spacial score (nSPS) is 15.3. The molecule has 0 unspecified atom stereocenters. The van der Waals surface area contributed by atoms with Crippen LogP contribution in [0.2, 0.25) is 0 Å². The summed E-state index contributed by atoms with van der Waals surface area (Å²) in [6.45, 7) is 0. The average Bonchev–Trinajstić information content (AvgIpc) is 2.96. The Hall–Kier alpha value is -3.08. The van der Waals surface area contributed by atoms with E-state index in [1.165, 1.54) is 0 Å². The van der Waals surface area contributed by atoms with Gasteiger partial charge in [0.25, 0.3) is 0 Å². The molecule has 0 bridgehead atoms. The molecule has 0 N–H and O–H groups in total. The highest BCUT2D eigenvalue weighted by molar-refractivity contribution is 6.45. The minimum Gasteiger partial charge on any atom is -0.497 e. The van der Waals surface area contributed by atoms with E-state index in [9.17, 15) is 4.79 Å². The van der Waals surface area contributed by atoms with Crippen molar-refractivity contribution in [2.75, 3.05) is 14.2 Å². The first kappa shape index (κ1) is 14.8. The topological polar surface area (TPSA) is 57.1 Å². The molecule has 1 aliphatic heterocycles. The number of cyclic esters (lactones) is 1. The molecule has 5 heteroatoms. The Morgan fingerprint density at radius 2 is 1.74 bits per heavy atom. The van der Waals surface area contributed by atoms with Gasteiger partial charge in [-0.05, 0) is 29.8 Å². The molecule has 23 heavy (non-hydrogen) atoms. The molecule has 0 radical (unpaired) electrons. The van der Waals surface area contributed by atoms with Crippen LogP contribution in [0.5, 0.6) is 11.5 Å². The van der Waals surface area contributed by atoms with Crippen molar-refractivity contribution >= 4 is 17.8 Å². The fourth-order valence-electron chi connectivity index (χ4n) is 2.18. The van der Waals surface area contributed by atoms with Gasteiger partial charge in [0, 0.05) is 11.6 Å². The van der Waals surface area contributed by atoms with Gasteiger partial charge >= 0.3 is 5.97 Å². The van der Waals surface area contributed by atoms with Crippen molar-refractivity contribution in [1.29, 1.82) is 0 Å². The Morgan fingerprint density at radius 3 is 2.43 bits per heavy atom. The standard InChI is InChI=1S/C18H15NO4/c1-21-14-8-6-12(7-9-14)10-16-19-17(18(20)23-16)13-4-3-5-15(11-13)22-2/h3-11H,1-2H3/b16-10-. The average molecular weight is 309 g/mol. The number of carbonyl (C=O) groups is 1. The van der Waals surface area contributed by atoms with Crippen LogP contribution in [0.3, 0.4) is 0 Å². The van der Waals surface area contributed by atoms with E-state index < -0.39 is 5.97 Å². The molecule has 2 aromatic rings. The smallest absolute Gasteiger partial charge is 0.364 e. The van der Waals surface area contributed by atoms with Crippen LogP contribution in [0.1, 0.15) is 11.1 Å². The zero-order valence-electron chi connectivity index (χ0n) is 12.8. The first-order chi connectivity index (χ1) is 11.2. The number of nitrogens with zero attached hydrogens (tertiary/aromatic N) is 1. The predicted molar refractivity (Wildman–Crippen MR) is 86.6 cm³/mol. The SMILES string of the molecule is COc1ccc(/C=C2/N=C(c3cccc(OC)c3)C(=O)O2)cc1. The fourth-order valence-corrected chi connectivity index (χ4v) is 2.18. The zero-order chi connectivity index (χ0) is 16.2. The number of carbonyl (C=O) groups excluding carboxylic acids is 1. The van der Waals surface area contributed by atoms with Crippen LogP contribution in [0.25, 0.3) is 6.08 Å². The summed E-state index contributed by atoms with van der Waals surface area (Å²) >= 11 is 0. The second-order valence-corrected chi connectivity index (χ2v) is 4.84. The van der Waals surface area contributed by atoms with E-state index in [1.54, 1.807) is 44.6 Å². The largest absolute Gasteiger partial charge is 0.497 e. The molecule has 0 aliphatic carbocycles. The molecule has 1 aliphatic rings. The molecule has 0 saturated carbocycles. The lowest BCUT2D eigenvalue weighted by Crippen LogP contribution is -2.11. The summed E-state index contributed by atoms with van der Waals surface area (Å²) in [7, 11) is 3.18. The van der Waals surface area contributed by atoms with Crippen molar-refractivity contribution in [3.63, 3.8) is 0 Å². The molecule has 0 atom stereocenters. The molecule has 5 nitrogen and oxygen atoms in total. The number of aliphatic imine (C=N–C) groups is 1. The van der Waals surface area contributed by atoms with Crippen molar-refractivity contribution in [2.45, 2.75) is 0 Å². The maximum Gasteiger partial charge on any atom is 0.364 e. The Labute approximate surface area is 133 Å². The Bertz CT molecular complexity index is 791. The lowest BCUT2D eigenvalue weighted by Gasteiger charge is -2.01. The van der Waals surface area contributed by atoms with E-state index >= 15 is 0 Å². The molecular weight excluding hydrogens is 294 g/mol. The molecule has 0 saturated heterocycles. The van der Waals surface area contributed by atoms with Crippen LogP contribution < -0.4 is 9.47 Å². The third kappa shape index (κ3) is 3.23. The molecule has 0 amide bonds. The van der Waals surface area contributed by atoms with E-state index in [2.05, 4.69) is 4.99 Å². The van der Waals surface area contributed by atoms with Gasteiger partial charge in [0.2, 0.25) is 5.88 Å². The maximum absolute atomic E-state index is 12.0. The van der Waals surface area contributed by atoms with Gasteiger partial charge in [-0.3, -0.25) is 0 Å². The van der Waals surface area contributed by atoms with E-state index in [-0.39, 0.29) is 11.6 Å². The first-order valence-electron chi connectivity index (χ1n) is 7.00. The minimum atomic E-state index is -0.474. The van der Waals surface area contributed by atoms with E-state index in [4.69, 9.17) is 14.2 Å². The summed E-state index contributed by atoms with van der Waals surface area (Å²) in [5, 5.41) is 0. The van der Waals surface area contributed by atoms with Gasteiger partial charge in [-0.1, -0.05) is 24.3 Å². The van der Waals surface area contributed by atoms with Gasteiger partial charge < -0.3 is 14.2 Å². The highest BCUT2D eigenvalue weighted by Gasteiger charge is 2.25. The van der Waals surface area contributed by atoms with Gasteiger partial charge in [-0.25, -0.2) is 9.79 Å². The molecule has 2 aromatic carbocycles. The second kappa shape index (κ2) is 6.36. The quantitative estimate of drug-likeness (QED) is 0.815. The van der Waals surface area contributed by atoms with Crippen LogP contribution >= 0.6 is 0 Å². The summed E-state index contributed by atoms with van der Waals surface area (Å²) in [5.41, 5.74) is 1.79.